The van der Waals surface area contributed by atoms with Crippen molar-refractivity contribution < 1.29 is 24.2 Å². The third-order valence-electron chi connectivity index (χ3n) is 6.68. The van der Waals surface area contributed by atoms with Crippen LogP contribution in [0.3, 0.4) is 0 Å². The lowest BCUT2D eigenvalue weighted by Crippen LogP contribution is -2.66. The van der Waals surface area contributed by atoms with Crippen LogP contribution < -0.4 is 19.3 Å². The Bertz CT molecular complexity index is 1490. The molecule has 3 amide bonds. The first kappa shape index (κ1) is 26.0. The maximum absolute atomic E-state index is 14.5. The van der Waals surface area contributed by atoms with Crippen LogP contribution in [0, 0.1) is 0 Å². The summed E-state index contributed by atoms with van der Waals surface area (Å²) in [6, 6.07) is 19.3. The van der Waals surface area contributed by atoms with Crippen molar-refractivity contribution in [1.29, 1.82) is 0 Å². The van der Waals surface area contributed by atoms with Gasteiger partial charge in [-0.2, -0.15) is 0 Å². The molecule has 0 saturated carbocycles. The molecule has 1 aliphatic heterocycles. The van der Waals surface area contributed by atoms with Crippen molar-refractivity contribution in [2.75, 3.05) is 20.8 Å². The van der Waals surface area contributed by atoms with Crippen LogP contribution >= 0.6 is 34.3 Å². The fraction of sp³-hybridized carbons (Fsp3) is 0.143. The molecular formula is C28H24ClN2O5S2+. The quantitative estimate of drug-likeness (QED) is 0.199. The molecule has 4 aromatic rings. The van der Waals surface area contributed by atoms with Gasteiger partial charge in [-0.1, -0.05) is 35.9 Å². The number of hydrogen-bond donors (Lipinski definition) is 2. The average molecular weight is 568 g/mol. The second-order valence-electron chi connectivity index (χ2n) is 8.55. The van der Waals surface area contributed by atoms with Crippen LogP contribution in [0.1, 0.15) is 15.3 Å². The van der Waals surface area contributed by atoms with E-state index in [0.29, 0.717) is 15.6 Å². The molecule has 3 heterocycles. The Morgan fingerprint density at radius 2 is 1.76 bits per heavy atom. The predicted octanol–water partition coefficient (Wildman–Crippen LogP) is 6.40. The van der Waals surface area contributed by atoms with E-state index in [4.69, 9.17) is 21.1 Å². The molecule has 7 nitrogen and oxygen atoms in total. The number of amides is 3. The molecule has 2 N–H and O–H groups in total. The number of urea groups is 1. The lowest BCUT2D eigenvalue weighted by molar-refractivity contribution is -0.125. The maximum Gasteiger partial charge on any atom is 0.430 e. The molecule has 1 fully saturated rings. The lowest BCUT2D eigenvalue weighted by atomic mass is 9.89. The number of nitrogens with one attached hydrogen (secondary N) is 1. The number of imide groups is 1. The van der Waals surface area contributed by atoms with Crippen LogP contribution in [0.2, 0.25) is 4.34 Å². The third-order valence-corrected chi connectivity index (χ3v) is 9.08. The van der Waals surface area contributed by atoms with Gasteiger partial charge < -0.3 is 14.6 Å². The van der Waals surface area contributed by atoms with Gasteiger partial charge in [0.15, 0.2) is 17.2 Å². The number of phenolic OH excluding ortho intramolecular Hbond substituents is 1. The molecule has 0 spiro atoms. The van der Waals surface area contributed by atoms with Gasteiger partial charge in [-0.3, -0.25) is 5.32 Å². The second kappa shape index (κ2) is 10.3. The minimum absolute atomic E-state index is 0.142. The number of carbonyl (C=O) groups is 2. The highest BCUT2D eigenvalue weighted by atomic mass is 35.5. The average Bonchev–Trinajstić information content (AvgIpc) is 3.69. The van der Waals surface area contributed by atoms with Gasteiger partial charge in [0.05, 0.1) is 34.9 Å². The molecule has 194 valence electrons. The number of ether oxygens (including phenoxy) is 2. The van der Waals surface area contributed by atoms with Crippen molar-refractivity contribution in [1.82, 2.24) is 9.80 Å². The topological polar surface area (TPSA) is 84.9 Å². The van der Waals surface area contributed by atoms with Crippen LogP contribution in [-0.2, 0) is 10.3 Å². The van der Waals surface area contributed by atoms with Crippen LogP contribution in [0.15, 0.2) is 78.2 Å². The number of aromatic hydroxyl groups is 1. The fourth-order valence-corrected chi connectivity index (χ4v) is 7.31. The van der Waals surface area contributed by atoms with E-state index in [-0.39, 0.29) is 23.8 Å². The van der Waals surface area contributed by atoms with Crippen molar-refractivity contribution in [3.8, 4) is 17.2 Å². The number of benzene rings is 2. The first-order valence-corrected chi connectivity index (χ1v) is 13.7. The van der Waals surface area contributed by atoms with Gasteiger partial charge >= 0.3 is 11.9 Å². The molecular weight excluding hydrogens is 544 g/mol. The number of para-hydroxylation sites is 1. The van der Waals surface area contributed by atoms with E-state index in [1.54, 1.807) is 36.4 Å². The highest BCUT2D eigenvalue weighted by Crippen LogP contribution is 2.52. The molecule has 5 rings (SSSR count). The van der Waals surface area contributed by atoms with Gasteiger partial charge in [0.1, 0.15) is 0 Å². The molecule has 2 atom stereocenters. The maximum atomic E-state index is 14.5. The van der Waals surface area contributed by atoms with E-state index in [1.807, 2.05) is 41.8 Å². The summed E-state index contributed by atoms with van der Waals surface area (Å²) in [6.45, 7) is 0.207. The number of phenols is 1. The lowest BCUT2D eigenvalue weighted by Gasteiger charge is -2.40. The van der Waals surface area contributed by atoms with Crippen LogP contribution in [0.25, 0.3) is 6.08 Å². The number of hydrogen-bond acceptors (Lipinski definition) is 7. The smallest absolute Gasteiger partial charge is 0.430 e. The normalized spacial score (nSPS) is 21.0. The zero-order valence-electron chi connectivity index (χ0n) is 20.5. The Morgan fingerprint density at radius 1 is 1.05 bits per heavy atom. The van der Waals surface area contributed by atoms with Gasteiger partial charge in [-0.15, -0.1) is 27.2 Å². The summed E-state index contributed by atoms with van der Waals surface area (Å²) >= 11 is 9.23. The number of nitrogens with zero attached hydrogens (tertiary/aromatic N) is 1. The van der Waals surface area contributed by atoms with Crippen molar-refractivity contribution in [3.63, 3.8) is 0 Å². The van der Waals surface area contributed by atoms with E-state index in [0.717, 1.165) is 9.75 Å². The van der Waals surface area contributed by atoms with Gasteiger partial charge in [-0.05, 0) is 47.4 Å². The van der Waals surface area contributed by atoms with Crippen molar-refractivity contribution >= 4 is 58.0 Å². The molecule has 0 bridgehead atoms. The van der Waals surface area contributed by atoms with Gasteiger partial charge in [-0.25, -0.2) is 9.59 Å². The summed E-state index contributed by atoms with van der Waals surface area (Å²) < 4.78 is 10.4. The van der Waals surface area contributed by atoms with Crippen molar-refractivity contribution in [2.24, 2.45) is 0 Å². The van der Waals surface area contributed by atoms with Gasteiger partial charge in [0.25, 0.3) is 0 Å². The molecule has 0 aliphatic carbocycles. The SMILES string of the molecule is COc1cc(/C=C/C(=O)[N+]2(c3ccccc3)C(=O)NCC2(c2cccs2)c2ccc(Cl)s2)cc(OC)c1O. The van der Waals surface area contributed by atoms with E-state index in [2.05, 4.69) is 5.32 Å². The Kier molecular flexibility index (Phi) is 7.02. The summed E-state index contributed by atoms with van der Waals surface area (Å²) in [5.41, 5.74) is -0.0107. The number of carbonyl (C=O) groups excluding carboxylic acids is 2. The standard InChI is InChI=1S/C28H23ClN2O5S2/c1-35-20-15-18(16-21(36-2)26(20)33)10-13-25(32)31(19-7-4-3-5-8-19)27(34)30-17-28(31,22-9-6-14-37-22)23-11-12-24(29)38-23/h3-16H,17H2,1-2H3,(H-,30,32,33,34)/p+1. The summed E-state index contributed by atoms with van der Waals surface area (Å²) in [5.74, 6) is -0.196. The largest absolute Gasteiger partial charge is 0.502 e. The number of quaternary nitrogens is 1. The zero-order valence-corrected chi connectivity index (χ0v) is 22.9. The number of halogens is 1. The number of thiophene rings is 2. The Hall–Kier alpha value is -3.63. The molecule has 2 aromatic heterocycles. The van der Waals surface area contributed by atoms with E-state index in [1.165, 1.54) is 43.0 Å². The van der Waals surface area contributed by atoms with E-state index >= 15 is 0 Å². The second-order valence-corrected chi connectivity index (χ2v) is 11.2. The summed E-state index contributed by atoms with van der Waals surface area (Å²) in [5, 5.41) is 15.2. The first-order chi connectivity index (χ1) is 18.4. The molecule has 1 aliphatic rings. The minimum atomic E-state index is -1.09. The summed E-state index contributed by atoms with van der Waals surface area (Å²) in [6.07, 6.45) is 2.97. The van der Waals surface area contributed by atoms with Crippen LogP contribution in [-0.4, -0.2) is 37.8 Å². The Balaban J connectivity index is 1.75. The van der Waals surface area contributed by atoms with E-state index in [9.17, 15) is 14.7 Å². The number of rotatable bonds is 7. The molecule has 2 unspecified atom stereocenters. The zero-order chi connectivity index (χ0) is 26.9. The van der Waals surface area contributed by atoms with Crippen molar-refractivity contribution in [2.45, 2.75) is 5.54 Å². The summed E-state index contributed by atoms with van der Waals surface area (Å²) in [4.78, 5) is 30.2. The Morgan fingerprint density at radius 3 is 2.34 bits per heavy atom. The molecule has 38 heavy (non-hydrogen) atoms. The Labute approximate surface area is 232 Å². The highest BCUT2D eigenvalue weighted by molar-refractivity contribution is 7.16. The minimum Gasteiger partial charge on any atom is -0.502 e. The van der Waals surface area contributed by atoms with Crippen molar-refractivity contribution in [3.05, 3.63) is 97.8 Å². The van der Waals surface area contributed by atoms with E-state index < -0.39 is 22.0 Å². The monoisotopic (exact) mass is 567 g/mol. The van der Waals surface area contributed by atoms with Gasteiger partial charge in [0, 0.05) is 18.2 Å². The van der Waals surface area contributed by atoms with Crippen LogP contribution in [0.4, 0.5) is 10.5 Å². The van der Waals surface area contributed by atoms with Crippen LogP contribution in [0.5, 0.6) is 17.2 Å². The molecule has 0 radical (unpaired) electrons. The number of methoxy groups -OCH3 is 2. The third kappa shape index (κ3) is 3.90. The fourth-order valence-electron chi connectivity index (χ4n) is 4.98. The summed E-state index contributed by atoms with van der Waals surface area (Å²) in [7, 11) is 2.86. The predicted molar refractivity (Wildman–Crippen MR) is 151 cm³/mol. The highest BCUT2D eigenvalue weighted by Gasteiger charge is 2.69. The molecule has 10 heteroatoms. The first-order valence-electron chi connectivity index (χ1n) is 11.6. The molecule has 2 aromatic carbocycles. The molecule has 1 saturated heterocycles. The van der Waals surface area contributed by atoms with Gasteiger partial charge in [0.2, 0.25) is 11.3 Å².